The van der Waals surface area contributed by atoms with Gasteiger partial charge in [0.25, 0.3) is 0 Å². The Labute approximate surface area is 72.1 Å². The number of nitrogens with two attached hydrogens (primary N) is 1. The molecule has 0 amide bonds. The summed E-state index contributed by atoms with van der Waals surface area (Å²) in [6.07, 6.45) is -0.257. The summed E-state index contributed by atoms with van der Waals surface area (Å²) >= 11 is 4.48. The van der Waals surface area contributed by atoms with Gasteiger partial charge in [-0.3, -0.25) is 5.73 Å². The molecular weight excluding hydrogens is 214 g/mol. The van der Waals surface area contributed by atoms with E-state index in [2.05, 4.69) is 15.9 Å². The second-order valence-electron chi connectivity index (χ2n) is 1.85. The maximum absolute atomic E-state index is 5.59. The van der Waals surface area contributed by atoms with Gasteiger partial charge >= 0.3 is 0 Å². The van der Waals surface area contributed by atoms with Crippen molar-refractivity contribution in [2.45, 2.75) is 6.23 Å². The molecule has 56 valence electrons. The molecule has 4 heteroatoms. The minimum absolute atomic E-state index is 0.257. The van der Waals surface area contributed by atoms with E-state index in [1.165, 1.54) is 0 Å². The van der Waals surface area contributed by atoms with E-state index in [1.54, 1.807) is 7.11 Å². The average molecular weight is 223 g/mol. The van der Waals surface area contributed by atoms with Crippen LogP contribution in [0.3, 0.4) is 0 Å². The van der Waals surface area contributed by atoms with Gasteiger partial charge in [0.2, 0.25) is 3.79 Å². The third-order valence-corrected chi connectivity index (χ3v) is 2.99. The summed E-state index contributed by atoms with van der Waals surface area (Å²) in [6.45, 7) is 0. The standard InChI is InChI=1S/C6H8BrNOS/c1-9-6(8)4-2-3-5(7)10-4/h2-3,6H,8H2,1H3/p+1. The third-order valence-electron chi connectivity index (χ3n) is 1.17. The van der Waals surface area contributed by atoms with Crippen LogP contribution in [0.4, 0.5) is 0 Å². The fourth-order valence-corrected chi connectivity index (χ4v) is 2.16. The highest BCUT2D eigenvalue weighted by Gasteiger charge is 2.13. The summed E-state index contributed by atoms with van der Waals surface area (Å²) in [5.74, 6) is 0. The largest absolute Gasteiger partial charge is 0.357 e. The van der Waals surface area contributed by atoms with Crippen LogP contribution < -0.4 is 5.73 Å². The minimum Gasteiger partial charge on any atom is -0.357 e. The minimum atomic E-state index is -0.257. The van der Waals surface area contributed by atoms with Gasteiger partial charge in [0.15, 0.2) is 11.1 Å². The van der Waals surface area contributed by atoms with E-state index in [-0.39, 0.29) is 6.23 Å². The van der Waals surface area contributed by atoms with Crippen molar-refractivity contribution in [3.05, 3.63) is 20.8 Å². The van der Waals surface area contributed by atoms with E-state index in [4.69, 9.17) is 10.5 Å². The number of hydrogen-bond acceptors (Lipinski definition) is 2. The van der Waals surface area contributed by atoms with Crippen LogP contribution in [0.1, 0.15) is 11.1 Å². The number of hydrogen-bond donors (Lipinski definition) is 1. The normalized spacial score (nSPS) is 13.5. The van der Waals surface area contributed by atoms with Gasteiger partial charge in [-0.25, -0.2) is 0 Å². The van der Waals surface area contributed by atoms with Crippen molar-refractivity contribution in [1.29, 1.82) is 0 Å². The Kier molecular flexibility index (Phi) is 2.85. The quantitative estimate of drug-likeness (QED) is 0.613. The molecule has 0 fully saturated rings. The van der Waals surface area contributed by atoms with Crippen molar-refractivity contribution in [1.82, 2.24) is 0 Å². The Bertz CT molecular complexity index is 213. The fraction of sp³-hybridized carbons (Fsp3) is 0.333. The molecule has 1 heterocycles. The summed E-state index contributed by atoms with van der Waals surface area (Å²) in [5.41, 5.74) is 5.59. The lowest BCUT2D eigenvalue weighted by Crippen LogP contribution is -2.09. The maximum atomic E-state index is 5.59. The molecule has 1 unspecified atom stereocenters. The van der Waals surface area contributed by atoms with Crippen LogP contribution in [0.15, 0.2) is 15.9 Å². The smallest absolute Gasteiger partial charge is 0.213 e. The number of halogens is 1. The van der Waals surface area contributed by atoms with Gasteiger partial charge in [-0.2, -0.15) is 0 Å². The van der Waals surface area contributed by atoms with Gasteiger partial charge in [-0.15, -0.1) is 0 Å². The Balaban J connectivity index is 2.74. The molecule has 0 aromatic carbocycles. The first-order valence-corrected chi connectivity index (χ1v) is 4.50. The molecule has 10 heavy (non-hydrogen) atoms. The van der Waals surface area contributed by atoms with Crippen molar-refractivity contribution in [2.24, 2.45) is 5.73 Å². The van der Waals surface area contributed by atoms with Crippen molar-refractivity contribution < 1.29 is 4.74 Å². The second kappa shape index (κ2) is 3.48. The van der Waals surface area contributed by atoms with Crippen molar-refractivity contribution in [2.75, 3.05) is 7.11 Å². The van der Waals surface area contributed by atoms with Crippen LogP contribution in [0.5, 0.6) is 0 Å². The van der Waals surface area contributed by atoms with Gasteiger partial charge in [0.05, 0.1) is 0 Å². The molecule has 1 rings (SSSR count). The van der Waals surface area contributed by atoms with Crippen LogP contribution in [-0.4, -0.2) is 7.11 Å². The number of rotatable bonds is 2. The first-order valence-electron chi connectivity index (χ1n) is 2.81. The molecule has 2 nitrogen and oxygen atoms in total. The molecule has 0 bridgehead atoms. The fourth-order valence-electron chi connectivity index (χ4n) is 0.631. The first-order chi connectivity index (χ1) is 4.74. The lowest BCUT2D eigenvalue weighted by atomic mass is 10.4. The molecule has 0 spiro atoms. The highest BCUT2D eigenvalue weighted by molar-refractivity contribution is 9.11. The molecule has 0 aliphatic carbocycles. The maximum Gasteiger partial charge on any atom is 0.213 e. The van der Waals surface area contributed by atoms with Crippen molar-refractivity contribution in [3.63, 3.8) is 0 Å². The summed E-state index contributed by atoms with van der Waals surface area (Å²) in [6, 6.07) is 3.95. The molecule has 0 aliphatic rings. The molecule has 0 saturated heterocycles. The Morgan fingerprint density at radius 3 is 2.80 bits per heavy atom. The zero-order chi connectivity index (χ0) is 7.56. The topological polar surface area (TPSA) is 35.2 Å². The second-order valence-corrected chi connectivity index (χ2v) is 4.54. The lowest BCUT2D eigenvalue weighted by molar-refractivity contribution is 0.112. The Morgan fingerprint density at radius 1 is 1.70 bits per heavy atom. The van der Waals surface area contributed by atoms with Gasteiger partial charge < -0.3 is 4.74 Å². The highest BCUT2D eigenvalue weighted by Crippen LogP contribution is 2.26. The van der Waals surface area contributed by atoms with E-state index in [1.807, 2.05) is 12.1 Å². The monoisotopic (exact) mass is 222 g/mol. The molecule has 1 atom stereocenters. The van der Waals surface area contributed by atoms with Crippen LogP contribution in [0.2, 0.25) is 0 Å². The van der Waals surface area contributed by atoms with E-state index < -0.39 is 0 Å². The van der Waals surface area contributed by atoms with Crippen molar-refractivity contribution >= 4 is 27.3 Å². The molecule has 1 aromatic rings. The Morgan fingerprint density at radius 2 is 2.40 bits per heavy atom. The predicted octanol–water partition coefficient (Wildman–Crippen LogP) is 1.85. The number of methoxy groups -OCH3 is 1. The van der Waals surface area contributed by atoms with Crippen LogP contribution in [0, 0.1) is 0 Å². The summed E-state index contributed by atoms with van der Waals surface area (Å²) < 4.78 is 6.07. The zero-order valence-corrected chi connectivity index (χ0v) is 8.02. The molecule has 0 aliphatic heterocycles. The van der Waals surface area contributed by atoms with E-state index in [0.717, 1.165) is 20.0 Å². The van der Waals surface area contributed by atoms with Crippen LogP contribution >= 0.6 is 27.3 Å². The highest BCUT2D eigenvalue weighted by atomic mass is 79.9. The summed E-state index contributed by atoms with van der Waals surface area (Å²) in [4.78, 5) is 1.09. The number of ether oxygens (including phenoxy) is 1. The zero-order valence-electron chi connectivity index (χ0n) is 5.54. The third kappa shape index (κ3) is 1.79. The van der Waals surface area contributed by atoms with Gasteiger partial charge in [-0.1, -0.05) is 0 Å². The van der Waals surface area contributed by atoms with Gasteiger partial charge in [0, 0.05) is 35.2 Å². The summed E-state index contributed by atoms with van der Waals surface area (Å²) in [7, 11) is 1.60. The van der Waals surface area contributed by atoms with Crippen LogP contribution in [-0.2, 0) is 4.74 Å². The van der Waals surface area contributed by atoms with Crippen molar-refractivity contribution in [3.8, 4) is 0 Å². The molecule has 2 N–H and O–H groups in total. The molecular formula is C6H9BrNOS+. The van der Waals surface area contributed by atoms with Crippen LogP contribution in [0.25, 0.3) is 0 Å². The first kappa shape index (κ1) is 8.20. The van der Waals surface area contributed by atoms with Gasteiger partial charge in [0.1, 0.15) is 0 Å². The SMILES string of the molecule is COC(N)c1ccc(Br)[sH+]1. The van der Waals surface area contributed by atoms with E-state index in [9.17, 15) is 0 Å². The summed E-state index contributed by atoms with van der Waals surface area (Å²) in [5, 5.41) is 0. The van der Waals surface area contributed by atoms with Gasteiger partial charge in [-0.05, 0) is 11.3 Å². The van der Waals surface area contributed by atoms with E-state index >= 15 is 0 Å². The predicted molar refractivity (Wildman–Crippen MR) is 47.4 cm³/mol. The molecule has 1 aromatic heterocycles. The molecule has 0 radical (unpaired) electrons. The molecule has 0 saturated carbocycles. The lowest BCUT2D eigenvalue weighted by Gasteiger charge is -1.99. The van der Waals surface area contributed by atoms with E-state index in [0.29, 0.717) is 0 Å². The Hall–Kier alpha value is 0.1000. The number of thiophene rings is 1. The average Bonchev–Trinajstić information content (AvgIpc) is 2.34.